The van der Waals surface area contributed by atoms with Crippen LogP contribution in [0.1, 0.15) is 60.0 Å². The highest BCUT2D eigenvalue weighted by molar-refractivity contribution is 5.94. The number of carbonyl (C=O) groups excluding carboxylic acids is 2. The summed E-state index contributed by atoms with van der Waals surface area (Å²) in [6.07, 6.45) is -4.80. The van der Waals surface area contributed by atoms with E-state index < -0.39 is 35.0 Å². The van der Waals surface area contributed by atoms with E-state index in [-0.39, 0.29) is 18.5 Å². The number of amides is 2. The van der Waals surface area contributed by atoms with Gasteiger partial charge < -0.3 is 15.5 Å². The first-order chi connectivity index (χ1) is 15.9. The Bertz CT molecular complexity index is 827. The van der Waals surface area contributed by atoms with Gasteiger partial charge in [0.05, 0.1) is 11.1 Å². The number of hydrogen-bond acceptors (Lipinski definition) is 3. The first kappa shape index (κ1) is 26.3. The summed E-state index contributed by atoms with van der Waals surface area (Å²) in [4.78, 5) is 26.2. The number of halogens is 6. The molecule has 0 unspecified atom stereocenters. The predicted molar refractivity (Wildman–Crippen MR) is 113 cm³/mol. The van der Waals surface area contributed by atoms with Crippen LogP contribution in [0, 0.1) is 11.8 Å². The van der Waals surface area contributed by atoms with Gasteiger partial charge in [-0.1, -0.05) is 0 Å². The van der Waals surface area contributed by atoms with Crippen molar-refractivity contribution >= 4 is 11.8 Å². The van der Waals surface area contributed by atoms with Crippen molar-refractivity contribution in [2.45, 2.75) is 50.9 Å². The fraction of sp³-hybridized carbons (Fsp3) is 0.652. The van der Waals surface area contributed by atoms with Crippen molar-refractivity contribution in [2.24, 2.45) is 11.8 Å². The summed E-state index contributed by atoms with van der Waals surface area (Å²) in [5.74, 6) is -0.0167. The lowest BCUT2D eigenvalue weighted by molar-refractivity contribution is -0.143. The summed E-state index contributed by atoms with van der Waals surface area (Å²) >= 11 is 0. The van der Waals surface area contributed by atoms with Crippen LogP contribution in [0.5, 0.6) is 0 Å². The smallest absolute Gasteiger partial charge is 0.355 e. The molecule has 3 rings (SSSR count). The molecule has 0 aromatic heterocycles. The summed E-state index contributed by atoms with van der Waals surface area (Å²) in [5, 5.41) is 5.38. The van der Waals surface area contributed by atoms with Gasteiger partial charge in [0.1, 0.15) is 0 Å². The normalized spacial score (nSPS) is 18.1. The molecule has 2 fully saturated rings. The third-order valence-corrected chi connectivity index (χ3v) is 6.32. The maximum absolute atomic E-state index is 13.0. The number of rotatable bonds is 9. The van der Waals surface area contributed by atoms with Crippen LogP contribution in [-0.2, 0) is 17.1 Å². The van der Waals surface area contributed by atoms with E-state index in [4.69, 9.17) is 0 Å². The van der Waals surface area contributed by atoms with Crippen LogP contribution in [0.15, 0.2) is 18.2 Å². The molecule has 2 aliphatic rings. The van der Waals surface area contributed by atoms with Gasteiger partial charge >= 0.3 is 12.4 Å². The van der Waals surface area contributed by atoms with Crippen LogP contribution in [0.4, 0.5) is 26.3 Å². The topological polar surface area (TPSA) is 61.4 Å². The van der Waals surface area contributed by atoms with Crippen LogP contribution < -0.4 is 10.6 Å². The molecule has 34 heavy (non-hydrogen) atoms. The highest BCUT2D eigenvalue weighted by Gasteiger charge is 2.37. The van der Waals surface area contributed by atoms with E-state index in [0.717, 1.165) is 45.3 Å². The maximum atomic E-state index is 13.0. The third kappa shape index (κ3) is 8.18. The van der Waals surface area contributed by atoms with Gasteiger partial charge in [0.25, 0.3) is 5.91 Å². The molecule has 190 valence electrons. The van der Waals surface area contributed by atoms with E-state index in [1.807, 2.05) is 0 Å². The number of hydrogen-bond donors (Lipinski definition) is 2. The number of nitrogens with one attached hydrogen (secondary N) is 2. The Morgan fingerprint density at radius 1 is 0.824 bits per heavy atom. The molecular weight excluding hydrogens is 464 g/mol. The molecule has 1 aliphatic carbocycles. The number of carbonyl (C=O) groups is 2. The highest BCUT2D eigenvalue weighted by Crippen LogP contribution is 2.36. The monoisotopic (exact) mass is 493 g/mol. The van der Waals surface area contributed by atoms with Gasteiger partial charge in [0, 0.05) is 31.6 Å². The van der Waals surface area contributed by atoms with Gasteiger partial charge in [0.2, 0.25) is 5.91 Å². The second kappa shape index (κ2) is 11.0. The number of piperidine rings is 1. The molecule has 1 heterocycles. The zero-order valence-corrected chi connectivity index (χ0v) is 18.7. The number of alkyl halides is 6. The van der Waals surface area contributed by atoms with Gasteiger partial charge in [-0.2, -0.15) is 26.3 Å². The first-order valence-corrected chi connectivity index (χ1v) is 11.5. The van der Waals surface area contributed by atoms with Crippen molar-refractivity contribution in [3.8, 4) is 0 Å². The molecule has 0 radical (unpaired) electrons. The lowest BCUT2D eigenvalue weighted by atomic mass is 9.93. The van der Waals surface area contributed by atoms with Gasteiger partial charge in [0.15, 0.2) is 0 Å². The Balaban J connectivity index is 1.40. The van der Waals surface area contributed by atoms with Crippen LogP contribution in [-0.4, -0.2) is 49.4 Å². The summed E-state index contributed by atoms with van der Waals surface area (Å²) in [6, 6.07) is 0.877. The molecule has 0 spiro atoms. The zero-order valence-electron chi connectivity index (χ0n) is 18.7. The molecule has 2 amide bonds. The van der Waals surface area contributed by atoms with Gasteiger partial charge in [-0.05, 0) is 75.2 Å². The van der Waals surface area contributed by atoms with Crippen LogP contribution in [0.2, 0.25) is 0 Å². The molecule has 1 saturated heterocycles. The van der Waals surface area contributed by atoms with Crippen LogP contribution in [0.3, 0.4) is 0 Å². The van der Waals surface area contributed by atoms with Crippen LogP contribution in [0.25, 0.3) is 0 Å². The van der Waals surface area contributed by atoms with Gasteiger partial charge in [-0.15, -0.1) is 0 Å². The molecule has 11 heteroatoms. The van der Waals surface area contributed by atoms with Crippen molar-refractivity contribution < 1.29 is 35.9 Å². The Labute approximate surface area is 194 Å². The lowest BCUT2D eigenvalue weighted by Gasteiger charge is -2.32. The minimum Gasteiger partial charge on any atom is -0.355 e. The standard InChI is InChI=1S/C23H29F6N3O2/c24-22(25,26)18-12-17(13-19(14-18)23(27,28)29)21(34)31-6-3-15-4-8-32(9-5-15)10-7-30-20(33)11-16-1-2-16/h12-16H,1-11H2,(H,30,33)(H,31,34). The Hall–Kier alpha value is -2.30. The number of likely N-dealkylation sites (tertiary alicyclic amines) is 1. The molecule has 2 N–H and O–H groups in total. The minimum atomic E-state index is -5.00. The molecule has 1 saturated carbocycles. The summed E-state index contributed by atoms with van der Waals surface area (Å²) < 4.78 is 77.8. The molecular formula is C23H29F6N3O2. The van der Waals surface area contributed by atoms with Gasteiger partial charge in [-0.25, -0.2) is 0 Å². The molecule has 1 aliphatic heterocycles. The summed E-state index contributed by atoms with van der Waals surface area (Å²) in [6.45, 7) is 3.19. The maximum Gasteiger partial charge on any atom is 0.416 e. The summed E-state index contributed by atoms with van der Waals surface area (Å²) in [7, 11) is 0. The van der Waals surface area contributed by atoms with Crippen molar-refractivity contribution in [1.29, 1.82) is 0 Å². The second-order valence-corrected chi connectivity index (χ2v) is 9.12. The Morgan fingerprint density at radius 2 is 1.41 bits per heavy atom. The summed E-state index contributed by atoms with van der Waals surface area (Å²) in [5.41, 5.74) is -3.69. The number of benzene rings is 1. The Morgan fingerprint density at radius 3 is 1.94 bits per heavy atom. The van der Waals surface area contributed by atoms with E-state index in [9.17, 15) is 35.9 Å². The molecule has 5 nitrogen and oxygen atoms in total. The average molecular weight is 493 g/mol. The fourth-order valence-electron chi connectivity index (χ4n) is 4.09. The first-order valence-electron chi connectivity index (χ1n) is 11.5. The van der Waals surface area contributed by atoms with E-state index in [1.54, 1.807) is 0 Å². The predicted octanol–water partition coefficient (Wildman–Crippen LogP) is 4.47. The van der Waals surface area contributed by atoms with E-state index in [1.165, 1.54) is 0 Å². The van der Waals surface area contributed by atoms with E-state index in [2.05, 4.69) is 15.5 Å². The van der Waals surface area contributed by atoms with Crippen LogP contribution >= 0.6 is 0 Å². The SMILES string of the molecule is O=C(CC1CC1)NCCN1CCC(CCNC(=O)c2cc(C(F)(F)F)cc(C(F)(F)F)c2)CC1. The molecule has 0 bridgehead atoms. The zero-order chi connectivity index (χ0) is 24.9. The van der Waals surface area contributed by atoms with E-state index in [0.29, 0.717) is 43.4 Å². The molecule has 0 atom stereocenters. The molecule has 1 aromatic rings. The highest BCUT2D eigenvalue weighted by atomic mass is 19.4. The lowest BCUT2D eigenvalue weighted by Crippen LogP contribution is -2.40. The molecule has 1 aromatic carbocycles. The van der Waals surface area contributed by atoms with E-state index >= 15 is 0 Å². The second-order valence-electron chi connectivity index (χ2n) is 9.12. The van der Waals surface area contributed by atoms with Crippen molar-refractivity contribution in [2.75, 3.05) is 32.7 Å². The number of nitrogens with zero attached hydrogens (tertiary/aromatic N) is 1. The quantitative estimate of drug-likeness (QED) is 0.499. The van der Waals surface area contributed by atoms with Crippen molar-refractivity contribution in [3.05, 3.63) is 34.9 Å². The van der Waals surface area contributed by atoms with Gasteiger partial charge in [-0.3, -0.25) is 9.59 Å². The fourth-order valence-corrected chi connectivity index (χ4v) is 4.09. The average Bonchev–Trinajstić information content (AvgIpc) is 3.57. The largest absolute Gasteiger partial charge is 0.416 e. The Kier molecular flexibility index (Phi) is 8.48. The van der Waals surface area contributed by atoms with Crippen molar-refractivity contribution in [1.82, 2.24) is 15.5 Å². The third-order valence-electron chi connectivity index (χ3n) is 6.32. The van der Waals surface area contributed by atoms with Crippen molar-refractivity contribution in [3.63, 3.8) is 0 Å². The minimum absolute atomic E-state index is 0.00308.